The second-order valence-corrected chi connectivity index (χ2v) is 9.01. The highest BCUT2D eigenvalue weighted by atomic mass is 32.2. The number of hydrogen-bond donors (Lipinski definition) is 0. The smallest absolute Gasteiger partial charge is 0.236 e. The molecule has 2 saturated heterocycles. The Balaban J connectivity index is 1.86. The van der Waals surface area contributed by atoms with Gasteiger partial charge in [0.25, 0.3) is 0 Å². The van der Waals surface area contributed by atoms with E-state index in [1.807, 2.05) is 23.9 Å². The van der Waals surface area contributed by atoms with Crippen molar-refractivity contribution in [2.75, 3.05) is 71.5 Å². The Morgan fingerprint density at radius 1 is 1.22 bits per heavy atom. The van der Waals surface area contributed by atoms with E-state index in [0.29, 0.717) is 32.7 Å². The van der Waals surface area contributed by atoms with Gasteiger partial charge in [-0.25, -0.2) is 8.42 Å². The first kappa shape index (κ1) is 18.6. The number of hydrogen-bond acceptors (Lipinski definition) is 6. The molecule has 2 rings (SSSR count). The van der Waals surface area contributed by atoms with Crippen LogP contribution >= 0.6 is 0 Å². The van der Waals surface area contributed by atoms with E-state index in [9.17, 15) is 13.2 Å². The van der Waals surface area contributed by atoms with E-state index in [1.54, 1.807) is 0 Å². The normalized spacial score (nSPS) is 24.9. The molecular formula is C15H29N3O4S. The van der Waals surface area contributed by atoms with Gasteiger partial charge < -0.3 is 14.5 Å². The first-order valence-electron chi connectivity index (χ1n) is 8.32. The summed E-state index contributed by atoms with van der Waals surface area (Å²) in [4.78, 5) is 18.5. The molecule has 0 aliphatic carbocycles. The molecule has 0 radical (unpaired) electrons. The number of rotatable bonds is 7. The van der Waals surface area contributed by atoms with Gasteiger partial charge in [-0.05, 0) is 26.9 Å². The fourth-order valence-electron chi connectivity index (χ4n) is 2.87. The van der Waals surface area contributed by atoms with Crippen LogP contribution in [0.15, 0.2) is 0 Å². The van der Waals surface area contributed by atoms with Crippen LogP contribution in [0, 0.1) is 0 Å². The van der Waals surface area contributed by atoms with Gasteiger partial charge in [0, 0.05) is 39.3 Å². The van der Waals surface area contributed by atoms with Crippen molar-refractivity contribution in [3.63, 3.8) is 0 Å². The van der Waals surface area contributed by atoms with Crippen molar-refractivity contribution in [2.24, 2.45) is 0 Å². The van der Waals surface area contributed by atoms with E-state index in [1.165, 1.54) is 0 Å². The molecule has 0 N–H and O–H groups in total. The molecule has 8 heteroatoms. The molecule has 1 amide bonds. The van der Waals surface area contributed by atoms with E-state index >= 15 is 0 Å². The molecule has 1 atom stereocenters. The molecule has 0 aromatic carbocycles. The minimum atomic E-state index is -2.91. The standard InChI is InChI=1S/C15H29N3O4S/c1-16(2)5-6-18(12-14-4-3-9-22-14)15(19)13-17-7-10-23(20,21)11-8-17/h14H,3-13H2,1-2H3/t14-/m0/s1. The molecule has 0 aromatic heterocycles. The average Bonchev–Trinajstić information content (AvgIpc) is 2.98. The highest BCUT2D eigenvalue weighted by Crippen LogP contribution is 2.14. The third-order valence-corrected chi connectivity index (χ3v) is 6.02. The molecule has 0 aromatic rings. The van der Waals surface area contributed by atoms with Gasteiger partial charge in [-0.1, -0.05) is 0 Å². The summed E-state index contributed by atoms with van der Waals surface area (Å²) >= 11 is 0. The van der Waals surface area contributed by atoms with Crippen molar-refractivity contribution in [2.45, 2.75) is 18.9 Å². The van der Waals surface area contributed by atoms with Crippen LogP contribution in [0.2, 0.25) is 0 Å². The Labute approximate surface area is 139 Å². The Morgan fingerprint density at radius 2 is 1.91 bits per heavy atom. The summed E-state index contributed by atoms with van der Waals surface area (Å²) in [5, 5.41) is 0. The number of carbonyl (C=O) groups excluding carboxylic acids is 1. The summed E-state index contributed by atoms with van der Waals surface area (Å²) in [7, 11) is 1.08. The van der Waals surface area contributed by atoms with E-state index in [4.69, 9.17) is 4.74 Å². The van der Waals surface area contributed by atoms with Crippen LogP contribution in [-0.2, 0) is 19.4 Å². The van der Waals surface area contributed by atoms with Gasteiger partial charge >= 0.3 is 0 Å². The lowest BCUT2D eigenvalue weighted by Crippen LogP contribution is -2.49. The molecule has 134 valence electrons. The monoisotopic (exact) mass is 347 g/mol. The van der Waals surface area contributed by atoms with Crippen molar-refractivity contribution < 1.29 is 17.9 Å². The van der Waals surface area contributed by atoms with Gasteiger partial charge in [-0.3, -0.25) is 9.69 Å². The van der Waals surface area contributed by atoms with Gasteiger partial charge in [0.15, 0.2) is 9.84 Å². The second kappa shape index (κ2) is 8.41. The van der Waals surface area contributed by atoms with Crippen molar-refractivity contribution in [1.82, 2.24) is 14.7 Å². The summed E-state index contributed by atoms with van der Waals surface area (Å²) in [5.74, 6) is 0.384. The molecule has 23 heavy (non-hydrogen) atoms. The first-order chi connectivity index (χ1) is 10.9. The zero-order chi connectivity index (χ0) is 16.9. The number of amides is 1. The van der Waals surface area contributed by atoms with Crippen LogP contribution in [0.4, 0.5) is 0 Å². The van der Waals surface area contributed by atoms with Crippen LogP contribution in [0.5, 0.6) is 0 Å². The van der Waals surface area contributed by atoms with E-state index in [0.717, 1.165) is 26.0 Å². The zero-order valence-corrected chi connectivity index (χ0v) is 15.1. The lowest BCUT2D eigenvalue weighted by Gasteiger charge is -2.31. The summed E-state index contributed by atoms with van der Waals surface area (Å²) in [6.07, 6.45) is 2.21. The predicted octanol–water partition coefficient (Wildman–Crippen LogP) is -0.714. The SMILES string of the molecule is CN(C)CCN(C[C@@H]1CCCO1)C(=O)CN1CCS(=O)(=O)CC1. The summed E-state index contributed by atoms with van der Waals surface area (Å²) < 4.78 is 28.6. The fraction of sp³-hybridized carbons (Fsp3) is 0.933. The van der Waals surface area contributed by atoms with Crippen LogP contribution in [-0.4, -0.2) is 107 Å². The zero-order valence-electron chi connectivity index (χ0n) is 14.2. The fourth-order valence-corrected chi connectivity index (χ4v) is 4.15. The molecule has 7 nitrogen and oxygen atoms in total. The minimum Gasteiger partial charge on any atom is -0.376 e. The Morgan fingerprint density at radius 3 is 2.48 bits per heavy atom. The number of carbonyl (C=O) groups is 1. The number of sulfone groups is 1. The van der Waals surface area contributed by atoms with Gasteiger partial charge in [-0.15, -0.1) is 0 Å². The van der Waals surface area contributed by atoms with Gasteiger partial charge in [-0.2, -0.15) is 0 Å². The van der Waals surface area contributed by atoms with Crippen LogP contribution < -0.4 is 0 Å². The first-order valence-corrected chi connectivity index (χ1v) is 10.1. The topological polar surface area (TPSA) is 70.2 Å². The molecule has 2 heterocycles. The maximum absolute atomic E-state index is 12.6. The Hall–Kier alpha value is -0.700. The summed E-state index contributed by atoms with van der Waals surface area (Å²) in [5.41, 5.74) is 0. The Kier molecular flexibility index (Phi) is 6.82. The van der Waals surface area contributed by atoms with Crippen molar-refractivity contribution in [3.8, 4) is 0 Å². The van der Waals surface area contributed by atoms with Crippen LogP contribution in [0.25, 0.3) is 0 Å². The predicted molar refractivity (Wildman–Crippen MR) is 89.2 cm³/mol. The Bertz CT molecular complexity index is 475. The second-order valence-electron chi connectivity index (χ2n) is 6.71. The summed E-state index contributed by atoms with van der Waals surface area (Å²) in [6, 6.07) is 0. The molecule has 2 aliphatic heterocycles. The van der Waals surface area contributed by atoms with E-state index in [2.05, 4.69) is 4.90 Å². The average molecular weight is 347 g/mol. The maximum Gasteiger partial charge on any atom is 0.236 e. The highest BCUT2D eigenvalue weighted by Gasteiger charge is 2.27. The van der Waals surface area contributed by atoms with Crippen LogP contribution in [0.3, 0.4) is 0 Å². The largest absolute Gasteiger partial charge is 0.376 e. The number of likely N-dealkylation sites (N-methyl/N-ethyl adjacent to an activating group) is 1. The number of ether oxygens (including phenoxy) is 1. The molecular weight excluding hydrogens is 318 g/mol. The van der Waals surface area contributed by atoms with Gasteiger partial charge in [0.05, 0.1) is 24.2 Å². The molecule has 0 unspecified atom stereocenters. The third-order valence-electron chi connectivity index (χ3n) is 4.41. The molecule has 0 bridgehead atoms. The lowest BCUT2D eigenvalue weighted by molar-refractivity contribution is -0.134. The highest BCUT2D eigenvalue weighted by molar-refractivity contribution is 7.91. The van der Waals surface area contributed by atoms with Gasteiger partial charge in [0.1, 0.15) is 0 Å². The third kappa shape index (κ3) is 6.37. The van der Waals surface area contributed by atoms with E-state index in [-0.39, 0.29) is 23.5 Å². The number of nitrogens with zero attached hydrogens (tertiary/aromatic N) is 3. The molecule has 2 fully saturated rings. The molecule has 0 saturated carbocycles. The van der Waals surface area contributed by atoms with Crippen molar-refractivity contribution in [1.29, 1.82) is 0 Å². The molecule has 0 spiro atoms. The van der Waals surface area contributed by atoms with Gasteiger partial charge in [0.2, 0.25) is 5.91 Å². The lowest BCUT2D eigenvalue weighted by atomic mass is 10.2. The summed E-state index contributed by atoms with van der Waals surface area (Å²) in [6.45, 7) is 4.12. The quantitative estimate of drug-likeness (QED) is 0.606. The van der Waals surface area contributed by atoms with E-state index < -0.39 is 9.84 Å². The van der Waals surface area contributed by atoms with Crippen molar-refractivity contribution in [3.05, 3.63) is 0 Å². The van der Waals surface area contributed by atoms with Crippen LogP contribution in [0.1, 0.15) is 12.8 Å². The maximum atomic E-state index is 12.6. The van der Waals surface area contributed by atoms with Crippen molar-refractivity contribution >= 4 is 15.7 Å². The minimum absolute atomic E-state index is 0.0710. The molecule has 2 aliphatic rings.